The Morgan fingerprint density at radius 2 is 1.85 bits per heavy atom. The Bertz CT molecular complexity index is 911. The average Bonchev–Trinajstić information content (AvgIpc) is 2.70. The van der Waals surface area contributed by atoms with Gasteiger partial charge in [-0.15, -0.1) is 0 Å². The van der Waals surface area contributed by atoms with Crippen molar-refractivity contribution in [2.45, 2.75) is 32.1 Å². The molecule has 3 rings (SSSR count). The number of hydrogen-bond acceptors (Lipinski definition) is 4. The molecule has 1 aliphatic rings. The van der Waals surface area contributed by atoms with Gasteiger partial charge in [-0.3, -0.25) is 4.79 Å². The van der Waals surface area contributed by atoms with Crippen molar-refractivity contribution < 1.29 is 15.0 Å². The number of hydrogen-bond donors (Lipinski definition) is 3. The number of nitrogens with zero attached hydrogens (tertiary/aromatic N) is 1. The summed E-state index contributed by atoms with van der Waals surface area (Å²) < 4.78 is 0. The van der Waals surface area contributed by atoms with Crippen LogP contribution in [-0.2, 0) is 24.1 Å². The van der Waals surface area contributed by atoms with Crippen molar-refractivity contribution in [1.29, 1.82) is 5.26 Å². The van der Waals surface area contributed by atoms with Crippen molar-refractivity contribution >= 4 is 12.0 Å². The highest BCUT2D eigenvalue weighted by atomic mass is 16.3. The predicted molar refractivity (Wildman–Crippen MR) is 103 cm³/mol. The van der Waals surface area contributed by atoms with Crippen LogP contribution in [0.3, 0.4) is 0 Å². The SMILES string of the molecule is N#C/C(=C/c1cc(O)c(O)c2c1CCCC2)C(=O)NCCc1ccccc1. The van der Waals surface area contributed by atoms with Gasteiger partial charge in [0.05, 0.1) is 0 Å². The first-order valence-corrected chi connectivity index (χ1v) is 9.10. The minimum atomic E-state index is -0.439. The van der Waals surface area contributed by atoms with E-state index in [1.54, 1.807) is 0 Å². The molecule has 27 heavy (non-hydrogen) atoms. The maximum Gasteiger partial charge on any atom is 0.261 e. The molecule has 5 heteroatoms. The Morgan fingerprint density at radius 3 is 2.56 bits per heavy atom. The largest absolute Gasteiger partial charge is 0.504 e. The summed E-state index contributed by atoms with van der Waals surface area (Å²) in [5.74, 6) is -0.748. The number of rotatable bonds is 5. The van der Waals surface area contributed by atoms with E-state index in [0.717, 1.165) is 30.4 Å². The van der Waals surface area contributed by atoms with Gasteiger partial charge in [0.15, 0.2) is 11.5 Å². The molecule has 0 atom stereocenters. The van der Waals surface area contributed by atoms with Crippen LogP contribution in [0.15, 0.2) is 42.0 Å². The summed E-state index contributed by atoms with van der Waals surface area (Å²) in [6.07, 6.45) is 5.54. The lowest BCUT2D eigenvalue weighted by Gasteiger charge is -2.20. The standard InChI is InChI=1S/C22H22N2O3/c23-14-17(22(27)24-11-10-15-6-2-1-3-7-15)12-16-13-20(25)21(26)19-9-5-4-8-18(16)19/h1-3,6-7,12-13,25-26H,4-5,8-11H2,(H,24,27)/b17-12-. The van der Waals surface area contributed by atoms with E-state index in [2.05, 4.69) is 5.32 Å². The summed E-state index contributed by atoms with van der Waals surface area (Å²) in [5, 5.41) is 32.2. The third-order valence-electron chi connectivity index (χ3n) is 4.84. The number of phenols is 2. The third-order valence-corrected chi connectivity index (χ3v) is 4.84. The molecular weight excluding hydrogens is 340 g/mol. The maximum atomic E-state index is 12.4. The van der Waals surface area contributed by atoms with E-state index < -0.39 is 5.91 Å². The first-order valence-electron chi connectivity index (χ1n) is 9.10. The zero-order valence-electron chi connectivity index (χ0n) is 15.0. The van der Waals surface area contributed by atoms with Gasteiger partial charge in [0, 0.05) is 12.1 Å². The highest BCUT2D eigenvalue weighted by molar-refractivity contribution is 6.02. The highest BCUT2D eigenvalue weighted by Gasteiger charge is 2.20. The van der Waals surface area contributed by atoms with Gasteiger partial charge < -0.3 is 15.5 Å². The van der Waals surface area contributed by atoms with Crippen LogP contribution in [0.2, 0.25) is 0 Å². The number of amides is 1. The molecule has 1 aliphatic carbocycles. The second kappa shape index (κ2) is 8.41. The van der Waals surface area contributed by atoms with Gasteiger partial charge in [0.2, 0.25) is 0 Å². The first kappa shape index (κ1) is 18.5. The number of phenolic OH excluding ortho intramolecular Hbond substituents is 2. The van der Waals surface area contributed by atoms with Crippen molar-refractivity contribution in [2.75, 3.05) is 6.54 Å². The highest BCUT2D eigenvalue weighted by Crippen LogP contribution is 2.39. The van der Waals surface area contributed by atoms with Crippen LogP contribution in [-0.4, -0.2) is 22.7 Å². The lowest BCUT2D eigenvalue weighted by atomic mass is 9.86. The Balaban J connectivity index is 1.77. The molecule has 0 spiro atoms. The molecule has 2 aromatic carbocycles. The van der Waals surface area contributed by atoms with Crippen molar-refractivity contribution in [3.8, 4) is 17.6 Å². The summed E-state index contributed by atoms with van der Waals surface area (Å²) in [6, 6.07) is 13.2. The molecule has 0 fully saturated rings. The van der Waals surface area contributed by atoms with Crippen LogP contribution in [0.4, 0.5) is 0 Å². The van der Waals surface area contributed by atoms with Crippen LogP contribution in [0.25, 0.3) is 6.08 Å². The zero-order valence-corrected chi connectivity index (χ0v) is 15.0. The molecule has 0 bridgehead atoms. The fourth-order valence-electron chi connectivity index (χ4n) is 3.44. The van der Waals surface area contributed by atoms with E-state index in [-0.39, 0.29) is 17.1 Å². The molecule has 0 aliphatic heterocycles. The maximum absolute atomic E-state index is 12.4. The quantitative estimate of drug-likeness (QED) is 0.432. The summed E-state index contributed by atoms with van der Waals surface area (Å²) in [6.45, 7) is 0.431. The van der Waals surface area contributed by atoms with Gasteiger partial charge in [-0.2, -0.15) is 5.26 Å². The van der Waals surface area contributed by atoms with Crippen LogP contribution in [0.5, 0.6) is 11.5 Å². The molecule has 3 N–H and O–H groups in total. The predicted octanol–water partition coefficient (Wildman–Crippen LogP) is 3.24. The molecule has 5 nitrogen and oxygen atoms in total. The Morgan fingerprint density at radius 1 is 1.15 bits per heavy atom. The van der Waals surface area contributed by atoms with Crippen LogP contribution in [0, 0.1) is 11.3 Å². The fourth-order valence-corrected chi connectivity index (χ4v) is 3.44. The molecule has 138 valence electrons. The second-order valence-corrected chi connectivity index (χ2v) is 6.66. The van der Waals surface area contributed by atoms with E-state index >= 15 is 0 Å². The average molecular weight is 362 g/mol. The number of nitriles is 1. The first-order chi connectivity index (χ1) is 13.1. The molecule has 0 saturated carbocycles. The molecule has 0 radical (unpaired) electrons. The number of aromatic hydroxyl groups is 2. The van der Waals surface area contributed by atoms with Crippen LogP contribution >= 0.6 is 0 Å². The molecular formula is C22H22N2O3. The minimum absolute atomic E-state index is 0.0130. The Hall–Kier alpha value is -3.26. The van der Waals surface area contributed by atoms with E-state index in [4.69, 9.17) is 0 Å². The van der Waals surface area contributed by atoms with Gasteiger partial charge in [-0.25, -0.2) is 0 Å². The van der Waals surface area contributed by atoms with E-state index in [1.165, 1.54) is 12.1 Å². The van der Waals surface area contributed by atoms with Gasteiger partial charge in [-0.1, -0.05) is 30.3 Å². The second-order valence-electron chi connectivity index (χ2n) is 6.66. The van der Waals surface area contributed by atoms with Gasteiger partial charge in [0.25, 0.3) is 5.91 Å². The molecule has 0 heterocycles. The molecule has 0 saturated heterocycles. The topological polar surface area (TPSA) is 93.3 Å². The number of benzene rings is 2. The molecule has 0 unspecified atom stereocenters. The summed E-state index contributed by atoms with van der Waals surface area (Å²) in [5.41, 5.74) is 3.34. The van der Waals surface area contributed by atoms with Crippen molar-refractivity contribution in [3.63, 3.8) is 0 Å². The lowest BCUT2D eigenvalue weighted by Crippen LogP contribution is -2.26. The van der Waals surface area contributed by atoms with Gasteiger partial charge >= 0.3 is 0 Å². The van der Waals surface area contributed by atoms with Gasteiger partial charge in [0.1, 0.15) is 11.6 Å². The summed E-state index contributed by atoms with van der Waals surface area (Å²) in [4.78, 5) is 12.4. The number of nitrogens with one attached hydrogen (secondary N) is 1. The normalized spacial score (nSPS) is 13.5. The van der Waals surface area contributed by atoms with Crippen molar-refractivity contribution in [1.82, 2.24) is 5.32 Å². The van der Waals surface area contributed by atoms with E-state index in [9.17, 15) is 20.3 Å². The number of fused-ring (bicyclic) bond motifs is 1. The van der Waals surface area contributed by atoms with E-state index in [0.29, 0.717) is 30.5 Å². The monoisotopic (exact) mass is 362 g/mol. The van der Waals surface area contributed by atoms with Crippen LogP contribution in [0.1, 0.15) is 35.1 Å². The Labute approximate surface area is 158 Å². The number of carbonyl (C=O) groups excluding carboxylic acids is 1. The fraction of sp³-hybridized carbons (Fsp3) is 0.273. The van der Waals surface area contributed by atoms with Crippen LogP contribution < -0.4 is 5.32 Å². The lowest BCUT2D eigenvalue weighted by molar-refractivity contribution is -0.117. The smallest absolute Gasteiger partial charge is 0.261 e. The van der Waals surface area contributed by atoms with Crippen molar-refractivity contribution in [2.24, 2.45) is 0 Å². The minimum Gasteiger partial charge on any atom is -0.504 e. The molecule has 2 aromatic rings. The number of carbonyl (C=O) groups is 1. The molecule has 0 aromatic heterocycles. The van der Waals surface area contributed by atoms with Gasteiger partial charge in [-0.05, 0) is 60.9 Å². The Kier molecular flexibility index (Phi) is 5.77. The third kappa shape index (κ3) is 4.29. The summed E-state index contributed by atoms with van der Waals surface area (Å²) >= 11 is 0. The van der Waals surface area contributed by atoms with Crippen molar-refractivity contribution in [3.05, 3.63) is 64.2 Å². The zero-order chi connectivity index (χ0) is 19.2. The molecule has 1 amide bonds. The summed E-state index contributed by atoms with van der Waals surface area (Å²) in [7, 11) is 0. The van der Waals surface area contributed by atoms with E-state index in [1.807, 2.05) is 36.4 Å².